The minimum Gasteiger partial charge on any atom is -0.368 e. The number of nitrogens with one attached hydrogen (secondary N) is 2. The molecule has 4 N–H and O–H groups in total. The van der Waals surface area contributed by atoms with E-state index in [1.54, 1.807) is 6.92 Å². The Morgan fingerprint density at radius 1 is 1.06 bits per heavy atom. The number of hydrogen-bond acceptors (Lipinski definition) is 7. The van der Waals surface area contributed by atoms with Gasteiger partial charge in [-0.25, -0.2) is 0 Å². The molecule has 0 aliphatic carbocycles. The summed E-state index contributed by atoms with van der Waals surface area (Å²) in [7, 11) is 0. The van der Waals surface area contributed by atoms with E-state index in [1.165, 1.54) is 30.0 Å². The number of hydrogen-bond donors (Lipinski definition) is 3. The van der Waals surface area contributed by atoms with Crippen LogP contribution in [-0.2, 0) is 23.1 Å². The molecule has 0 fully saturated rings. The second kappa shape index (κ2) is 10.5. The first-order valence-corrected chi connectivity index (χ1v) is 11.2. The fraction of sp³-hybridized carbons (Fsp3) is 0.273. The number of nitrogens with two attached hydrogens (primary N) is 1. The standard InChI is InChI=1S/C22H23F3N6OS/c1-3-14-8-4-6-10-16(14)28-21-30-18(29-20(26)31-21)12-33-13(2)19(32)27-17-11-7-5-9-15(17)22(23,24)25/h4-11,13H,3,12H2,1-2H3,(H,27,32)(H3,26,28,29,30,31). The fourth-order valence-electron chi connectivity index (χ4n) is 2.98. The number of benzene rings is 2. The Balaban J connectivity index is 1.66. The number of nitrogen functional groups attached to an aromatic ring is 1. The van der Waals surface area contributed by atoms with Crippen LogP contribution in [-0.4, -0.2) is 26.1 Å². The lowest BCUT2D eigenvalue weighted by atomic mass is 10.1. The lowest BCUT2D eigenvalue weighted by Gasteiger charge is -2.16. The van der Waals surface area contributed by atoms with Gasteiger partial charge in [0.2, 0.25) is 17.8 Å². The second-order valence-corrected chi connectivity index (χ2v) is 8.38. The summed E-state index contributed by atoms with van der Waals surface area (Å²) < 4.78 is 39.5. The zero-order chi connectivity index (χ0) is 24.0. The highest BCUT2D eigenvalue weighted by Gasteiger charge is 2.33. The van der Waals surface area contributed by atoms with Gasteiger partial charge in [-0.3, -0.25) is 4.79 Å². The summed E-state index contributed by atoms with van der Waals surface area (Å²) in [6.07, 6.45) is -3.75. The summed E-state index contributed by atoms with van der Waals surface area (Å²) in [6, 6.07) is 12.6. The predicted octanol–water partition coefficient (Wildman–Crippen LogP) is 5.04. The van der Waals surface area contributed by atoms with Crippen molar-refractivity contribution in [3.63, 3.8) is 0 Å². The lowest BCUT2D eigenvalue weighted by molar-refractivity contribution is -0.137. The topological polar surface area (TPSA) is 106 Å². The number of aryl methyl sites for hydroxylation is 1. The predicted molar refractivity (Wildman–Crippen MR) is 124 cm³/mol. The van der Waals surface area contributed by atoms with Crippen LogP contribution in [0.15, 0.2) is 48.5 Å². The molecule has 1 unspecified atom stereocenters. The molecular weight excluding hydrogens is 453 g/mol. The number of anilines is 4. The molecular formula is C22H23F3N6OS. The van der Waals surface area contributed by atoms with E-state index in [4.69, 9.17) is 5.73 Å². The van der Waals surface area contributed by atoms with E-state index in [1.807, 2.05) is 31.2 Å². The van der Waals surface area contributed by atoms with Gasteiger partial charge in [0, 0.05) is 5.69 Å². The van der Waals surface area contributed by atoms with Crippen molar-refractivity contribution >= 4 is 40.9 Å². The van der Waals surface area contributed by atoms with Crippen molar-refractivity contribution in [3.05, 3.63) is 65.5 Å². The highest BCUT2D eigenvalue weighted by atomic mass is 32.2. The molecule has 3 rings (SSSR count). The number of carbonyl (C=O) groups excluding carboxylic acids is 1. The SMILES string of the molecule is CCc1ccccc1Nc1nc(N)nc(CSC(C)C(=O)Nc2ccccc2C(F)(F)F)n1. The van der Waals surface area contributed by atoms with E-state index in [9.17, 15) is 18.0 Å². The molecule has 1 amide bonds. The highest BCUT2D eigenvalue weighted by Crippen LogP contribution is 2.35. The van der Waals surface area contributed by atoms with Crippen molar-refractivity contribution in [2.45, 2.75) is 37.4 Å². The molecule has 33 heavy (non-hydrogen) atoms. The zero-order valence-corrected chi connectivity index (χ0v) is 18.8. The number of rotatable bonds is 8. The molecule has 0 aliphatic rings. The second-order valence-electron chi connectivity index (χ2n) is 7.05. The molecule has 0 bridgehead atoms. The first-order chi connectivity index (χ1) is 15.7. The Kier molecular flexibility index (Phi) is 7.75. The third-order valence-electron chi connectivity index (χ3n) is 4.67. The van der Waals surface area contributed by atoms with Crippen molar-refractivity contribution < 1.29 is 18.0 Å². The molecule has 0 aliphatic heterocycles. The van der Waals surface area contributed by atoms with Gasteiger partial charge in [-0.05, 0) is 37.1 Å². The van der Waals surface area contributed by atoms with Crippen LogP contribution in [0, 0.1) is 0 Å². The van der Waals surface area contributed by atoms with Gasteiger partial charge in [0.05, 0.1) is 22.3 Å². The molecule has 3 aromatic rings. The molecule has 0 saturated carbocycles. The minimum atomic E-state index is -4.57. The minimum absolute atomic E-state index is 0.0216. The Bertz CT molecular complexity index is 1130. The van der Waals surface area contributed by atoms with E-state index < -0.39 is 22.9 Å². The van der Waals surface area contributed by atoms with E-state index >= 15 is 0 Å². The van der Waals surface area contributed by atoms with E-state index in [0.717, 1.165) is 23.7 Å². The number of carbonyl (C=O) groups is 1. The van der Waals surface area contributed by atoms with Gasteiger partial charge in [-0.15, -0.1) is 11.8 Å². The fourth-order valence-corrected chi connectivity index (χ4v) is 3.72. The number of nitrogens with zero attached hydrogens (tertiary/aromatic N) is 3. The summed E-state index contributed by atoms with van der Waals surface area (Å²) in [4.78, 5) is 25.0. The average Bonchev–Trinajstić information content (AvgIpc) is 2.77. The largest absolute Gasteiger partial charge is 0.418 e. The Hall–Kier alpha value is -3.34. The third kappa shape index (κ3) is 6.58. The van der Waals surface area contributed by atoms with Crippen LogP contribution in [0.5, 0.6) is 0 Å². The first kappa shape index (κ1) is 24.3. The van der Waals surface area contributed by atoms with E-state index in [2.05, 4.69) is 25.6 Å². The summed E-state index contributed by atoms with van der Waals surface area (Å²) in [5, 5.41) is 4.82. The first-order valence-electron chi connectivity index (χ1n) is 10.1. The van der Waals surface area contributed by atoms with Crippen LogP contribution in [0.2, 0.25) is 0 Å². The molecule has 0 radical (unpaired) electrons. The van der Waals surface area contributed by atoms with Crippen LogP contribution in [0.3, 0.4) is 0 Å². The van der Waals surface area contributed by atoms with Gasteiger partial charge in [0.15, 0.2) is 0 Å². The molecule has 7 nitrogen and oxygen atoms in total. The highest BCUT2D eigenvalue weighted by molar-refractivity contribution is 7.99. The van der Waals surface area contributed by atoms with Gasteiger partial charge < -0.3 is 16.4 Å². The van der Waals surface area contributed by atoms with Gasteiger partial charge in [0.25, 0.3) is 0 Å². The molecule has 2 aromatic carbocycles. The molecule has 1 aromatic heterocycles. The molecule has 0 spiro atoms. The number of alkyl halides is 3. The Morgan fingerprint density at radius 3 is 2.42 bits per heavy atom. The van der Waals surface area contributed by atoms with Crippen molar-refractivity contribution in [1.82, 2.24) is 15.0 Å². The molecule has 1 heterocycles. The molecule has 174 valence electrons. The zero-order valence-electron chi connectivity index (χ0n) is 18.0. The van der Waals surface area contributed by atoms with Crippen LogP contribution >= 0.6 is 11.8 Å². The maximum absolute atomic E-state index is 13.2. The maximum atomic E-state index is 13.2. The third-order valence-corrected chi connectivity index (χ3v) is 5.80. The van der Waals surface area contributed by atoms with Crippen LogP contribution in [0.4, 0.5) is 36.4 Å². The quantitative estimate of drug-likeness (QED) is 0.418. The Morgan fingerprint density at radius 2 is 1.73 bits per heavy atom. The number of para-hydroxylation sites is 2. The average molecular weight is 477 g/mol. The van der Waals surface area contributed by atoms with Crippen molar-refractivity contribution in [3.8, 4) is 0 Å². The summed E-state index contributed by atoms with van der Waals surface area (Å²) in [6.45, 7) is 3.63. The van der Waals surface area contributed by atoms with Gasteiger partial charge in [-0.1, -0.05) is 37.3 Å². The van der Waals surface area contributed by atoms with E-state index in [0.29, 0.717) is 5.82 Å². The number of amides is 1. The molecule has 11 heteroatoms. The Labute approximate surface area is 193 Å². The maximum Gasteiger partial charge on any atom is 0.418 e. The number of thioether (sulfide) groups is 1. The smallest absolute Gasteiger partial charge is 0.368 e. The summed E-state index contributed by atoms with van der Waals surface area (Å²) in [5.41, 5.74) is 6.56. The molecule has 0 saturated heterocycles. The van der Waals surface area contributed by atoms with Crippen LogP contribution < -0.4 is 16.4 Å². The van der Waals surface area contributed by atoms with E-state index in [-0.39, 0.29) is 23.3 Å². The molecule has 1 atom stereocenters. The normalized spacial score (nSPS) is 12.3. The van der Waals surface area contributed by atoms with Crippen LogP contribution in [0.25, 0.3) is 0 Å². The van der Waals surface area contributed by atoms with Crippen LogP contribution in [0.1, 0.15) is 30.8 Å². The number of aromatic nitrogens is 3. The van der Waals surface area contributed by atoms with Crippen molar-refractivity contribution in [1.29, 1.82) is 0 Å². The van der Waals surface area contributed by atoms with Crippen molar-refractivity contribution in [2.75, 3.05) is 16.4 Å². The van der Waals surface area contributed by atoms with Gasteiger partial charge in [0.1, 0.15) is 5.82 Å². The van der Waals surface area contributed by atoms with Gasteiger partial charge in [-0.2, -0.15) is 28.1 Å². The number of halogens is 3. The monoisotopic (exact) mass is 476 g/mol. The van der Waals surface area contributed by atoms with Gasteiger partial charge >= 0.3 is 6.18 Å². The van der Waals surface area contributed by atoms with Crippen molar-refractivity contribution in [2.24, 2.45) is 0 Å². The summed E-state index contributed by atoms with van der Waals surface area (Å²) in [5.74, 6) is 0.295. The summed E-state index contributed by atoms with van der Waals surface area (Å²) >= 11 is 1.17. The lowest BCUT2D eigenvalue weighted by Crippen LogP contribution is -2.24.